The summed E-state index contributed by atoms with van der Waals surface area (Å²) in [4.78, 5) is 0. The highest BCUT2D eigenvalue weighted by Gasteiger charge is 3.89. The van der Waals surface area contributed by atoms with Crippen molar-refractivity contribution < 1.29 is 0 Å². The second-order valence-electron chi connectivity index (χ2n) is 9.23. The molecule has 0 radical (unpaired) electrons. The van der Waals surface area contributed by atoms with E-state index in [1.807, 2.05) is 0 Å². The van der Waals surface area contributed by atoms with Crippen LogP contribution in [0.4, 0.5) is 0 Å². The Morgan fingerprint density at radius 3 is 1.77 bits per heavy atom. The minimum Gasteiger partial charge on any atom is -0.0579 e. The molecule has 9 rings (SSSR count). The molecule has 0 N–H and O–H groups in total. The van der Waals surface area contributed by atoms with E-state index in [0.717, 1.165) is 21.7 Å². The summed E-state index contributed by atoms with van der Waals surface area (Å²) in [6.07, 6.45) is 0. The van der Waals surface area contributed by atoms with Crippen molar-refractivity contribution in [2.75, 3.05) is 0 Å². The van der Waals surface area contributed by atoms with Crippen molar-refractivity contribution in [1.82, 2.24) is 0 Å². The van der Waals surface area contributed by atoms with E-state index in [-0.39, 0.29) is 0 Å². The van der Waals surface area contributed by atoms with Crippen LogP contribution in [-0.4, -0.2) is 0 Å². The van der Waals surface area contributed by atoms with Gasteiger partial charge in [0.15, 0.2) is 0 Å². The minimum absolute atomic E-state index is 1.05. The predicted molar refractivity (Wildman–Crippen MR) is 35.9 cm³/mol. The van der Waals surface area contributed by atoms with Gasteiger partial charge in [-0.2, -0.15) is 0 Å². The molecule has 13 heavy (non-hydrogen) atoms. The van der Waals surface area contributed by atoms with Crippen LogP contribution in [0.5, 0.6) is 0 Å². The smallest absolute Gasteiger partial charge is 0.0000698 e. The highest BCUT2D eigenvalue weighted by atomic mass is 15.9. The van der Waals surface area contributed by atoms with E-state index in [1.54, 1.807) is 0 Å². The summed E-state index contributed by atoms with van der Waals surface area (Å²) < 4.78 is 0. The quantitative estimate of drug-likeness (QED) is 0.487. The number of hydrogen-bond donors (Lipinski definition) is 0. The molecule has 0 nitrogen and oxygen atoms in total. The average molecular weight is 160 g/mol. The highest BCUT2D eigenvalue weighted by molar-refractivity contribution is 6.33. The van der Waals surface area contributed by atoms with Gasteiger partial charge in [0.25, 0.3) is 0 Å². The maximum Gasteiger partial charge on any atom is -0.0000698 e. The number of rotatable bonds is 0. The normalized spacial score (nSPS) is 171. The lowest BCUT2D eigenvalue weighted by atomic mass is 9.66. The number of hydrogen-bond acceptors (Lipinski definition) is 0. The Morgan fingerprint density at radius 1 is 0.615 bits per heavy atom. The molecule has 12 unspecified atom stereocenters. The van der Waals surface area contributed by atoms with Gasteiger partial charge in [0.1, 0.15) is 0 Å². The zero-order valence-corrected chi connectivity index (χ0v) is 7.08. The van der Waals surface area contributed by atoms with Crippen LogP contribution in [0, 0.1) is 65.5 Å². The van der Waals surface area contributed by atoms with E-state index in [1.165, 1.54) is 43.8 Å². The van der Waals surface area contributed by atoms with Gasteiger partial charge in [-0.25, -0.2) is 0 Å². The van der Waals surface area contributed by atoms with Gasteiger partial charge in [0, 0.05) is 0 Å². The molecule has 10 spiro atoms. The fourth-order valence-electron chi connectivity index (χ4n) is 16.9. The van der Waals surface area contributed by atoms with Gasteiger partial charge in [-0.15, -0.1) is 0 Å². The van der Waals surface area contributed by atoms with E-state index >= 15 is 0 Å². The van der Waals surface area contributed by atoms with Crippen LogP contribution >= 0.6 is 0 Å². The first kappa shape index (κ1) is 3.25. The summed E-state index contributed by atoms with van der Waals surface area (Å²) in [5.74, 6) is 1.42. The van der Waals surface area contributed by atoms with Crippen LogP contribution < -0.4 is 0 Å². The topological polar surface area (TPSA) is 0 Å². The maximum atomic E-state index is 2.77. The zero-order chi connectivity index (χ0) is 7.08. The second kappa shape index (κ2) is 0.305. The van der Waals surface area contributed by atoms with Gasteiger partial charge in [0.2, 0.25) is 0 Å². The van der Waals surface area contributed by atoms with E-state index in [9.17, 15) is 0 Å². The molecular weight excluding hydrogens is 156 g/mol. The molecule has 9 aliphatic rings. The van der Waals surface area contributed by atoms with Gasteiger partial charge in [-0.3, -0.25) is 0 Å². The third-order valence-corrected chi connectivity index (χ3v) is 12.9. The zero-order valence-electron chi connectivity index (χ0n) is 7.08. The lowest BCUT2D eigenvalue weighted by Gasteiger charge is -2.36. The first-order chi connectivity index (χ1) is 6.37. The van der Waals surface area contributed by atoms with Gasteiger partial charge in [-0.1, -0.05) is 6.92 Å². The Hall–Kier alpha value is 0. The van der Waals surface area contributed by atoms with E-state index in [0.29, 0.717) is 0 Å². The Balaban J connectivity index is 1.98. The van der Waals surface area contributed by atoms with E-state index in [2.05, 4.69) is 6.92 Å². The lowest BCUT2D eigenvalue weighted by molar-refractivity contribution is 0.0806. The first-order valence-corrected chi connectivity index (χ1v) is 6.37. The monoisotopic (exact) mass is 160 g/mol. The first-order valence-electron chi connectivity index (χ1n) is 6.37. The molecule has 0 heteroatoms. The summed E-state index contributed by atoms with van der Waals surface area (Å²) in [6, 6.07) is 0. The van der Waals surface area contributed by atoms with Crippen molar-refractivity contribution in [3.63, 3.8) is 0 Å². The summed E-state index contributed by atoms with van der Waals surface area (Å²) >= 11 is 0. The fourth-order valence-corrected chi connectivity index (χ4v) is 16.9. The van der Waals surface area contributed by atoms with Crippen molar-refractivity contribution in [2.45, 2.75) is 6.92 Å². The molecule has 9 saturated carbocycles. The largest absolute Gasteiger partial charge is 0.0579 e. The second-order valence-corrected chi connectivity index (χ2v) is 9.23. The Kier molecular flexibility index (Phi) is 0.0762. The van der Waals surface area contributed by atoms with Crippen LogP contribution in [-0.2, 0) is 0 Å². The molecule has 0 bridgehead atoms. The molecule has 0 aromatic rings. The fraction of sp³-hybridized carbons (Fsp3) is 1.00. The summed E-state index contributed by atoms with van der Waals surface area (Å²) in [6.45, 7) is 2.77. The molecule has 0 amide bonds. The molecule has 56 valence electrons. The van der Waals surface area contributed by atoms with Crippen molar-refractivity contribution in [3.8, 4) is 0 Å². The Labute approximate surface area is 73.0 Å². The van der Waals surface area contributed by atoms with Crippen molar-refractivity contribution in [2.24, 2.45) is 65.5 Å². The van der Waals surface area contributed by atoms with Crippen molar-refractivity contribution in [1.29, 1.82) is 0 Å². The SMILES string of the molecule is CC12C34C5C67C58C35C43C14C26C71C85C431. The van der Waals surface area contributed by atoms with Crippen LogP contribution in [0.25, 0.3) is 0 Å². The van der Waals surface area contributed by atoms with Crippen molar-refractivity contribution in [3.05, 3.63) is 0 Å². The van der Waals surface area contributed by atoms with E-state index in [4.69, 9.17) is 0 Å². The van der Waals surface area contributed by atoms with Crippen LogP contribution in [0.3, 0.4) is 0 Å². The van der Waals surface area contributed by atoms with Crippen LogP contribution in [0.2, 0.25) is 0 Å². The molecule has 9 fully saturated rings. The standard InChI is InChI=1S/C13H4/c1-3-4-2-5-6(2)9(4)10(4)8(3)7(3,5)11(5)12(6,9)13(8,10)11/h2H,1H3. The van der Waals surface area contributed by atoms with Gasteiger partial charge in [0.05, 0.1) is 0 Å². The van der Waals surface area contributed by atoms with Crippen LogP contribution in [0.1, 0.15) is 6.92 Å². The molecule has 0 aromatic carbocycles. The molecule has 0 aromatic heterocycles. The molecule has 0 saturated heterocycles. The molecule has 9 aliphatic carbocycles. The third-order valence-electron chi connectivity index (χ3n) is 12.9. The summed E-state index contributed by atoms with van der Waals surface area (Å²) in [5, 5.41) is 0. The number of fused-ring (bicyclic) bond motifs is 8. The third kappa shape index (κ3) is 0.0354. The molecule has 12 atom stereocenters. The predicted octanol–water partition coefficient (Wildman–Crippen LogP) is 0.636. The highest BCUT2D eigenvalue weighted by Crippen LogP contribution is 3.89. The Morgan fingerprint density at radius 2 is 1.31 bits per heavy atom. The van der Waals surface area contributed by atoms with E-state index < -0.39 is 0 Å². The lowest BCUT2D eigenvalue weighted by Crippen LogP contribution is -2.35. The minimum atomic E-state index is 1.05. The molecule has 0 heterocycles. The van der Waals surface area contributed by atoms with Crippen LogP contribution in [0.15, 0.2) is 0 Å². The average Bonchev–Trinajstić information content (AvgIpc) is 2.79. The molecular formula is C13H4. The maximum absolute atomic E-state index is 2.77. The van der Waals surface area contributed by atoms with Crippen molar-refractivity contribution >= 4 is 0 Å². The Bertz CT molecular complexity index is 696. The molecule has 0 aliphatic heterocycles. The van der Waals surface area contributed by atoms with Gasteiger partial charge in [-0.05, 0) is 65.5 Å². The summed E-state index contributed by atoms with van der Waals surface area (Å²) in [5.41, 5.74) is 12.9. The van der Waals surface area contributed by atoms with Gasteiger partial charge < -0.3 is 0 Å². The van der Waals surface area contributed by atoms with Gasteiger partial charge >= 0.3 is 0 Å². The summed E-state index contributed by atoms with van der Waals surface area (Å²) in [7, 11) is 0.